The predicted octanol–water partition coefficient (Wildman–Crippen LogP) is 3.07. The molecule has 0 fully saturated rings. The lowest BCUT2D eigenvalue weighted by atomic mass is 9.81. The molecule has 0 bridgehead atoms. The first-order valence-corrected chi connectivity index (χ1v) is 6.53. The third kappa shape index (κ3) is 3.39. The highest BCUT2D eigenvalue weighted by atomic mass is 32.1. The maximum absolute atomic E-state index is 5.35. The second-order valence-corrected chi connectivity index (χ2v) is 5.42. The van der Waals surface area contributed by atoms with Crippen molar-refractivity contribution in [1.29, 1.82) is 0 Å². The van der Waals surface area contributed by atoms with Crippen LogP contribution in [0.5, 0.6) is 5.75 Å². The molecule has 0 aromatic heterocycles. The van der Waals surface area contributed by atoms with Crippen molar-refractivity contribution in [3.05, 3.63) is 28.8 Å². The van der Waals surface area contributed by atoms with Crippen LogP contribution >= 0.6 is 12.6 Å². The quantitative estimate of drug-likeness (QED) is 0.621. The van der Waals surface area contributed by atoms with Gasteiger partial charge in [0.25, 0.3) is 0 Å². The predicted molar refractivity (Wildman–Crippen MR) is 77.3 cm³/mol. The first kappa shape index (κ1) is 14.4. The number of aryl methyl sites for hydroxylation is 2. The van der Waals surface area contributed by atoms with E-state index in [9.17, 15) is 0 Å². The third-order valence-corrected chi connectivity index (χ3v) is 3.37. The number of ether oxygens (including phenoxy) is 1. The molecule has 1 aromatic rings. The van der Waals surface area contributed by atoms with Crippen LogP contribution in [0.4, 0.5) is 0 Å². The monoisotopic (exact) mass is 253 g/mol. The summed E-state index contributed by atoms with van der Waals surface area (Å²) in [7, 11) is 1.72. The molecule has 0 saturated carbocycles. The smallest absolute Gasteiger partial charge is 0.122 e. The van der Waals surface area contributed by atoms with Gasteiger partial charge < -0.3 is 10.1 Å². The Hall–Kier alpha value is -0.670. The fourth-order valence-corrected chi connectivity index (χ4v) is 2.31. The molecule has 1 N–H and O–H groups in total. The van der Waals surface area contributed by atoms with E-state index in [2.05, 4.69) is 57.8 Å². The van der Waals surface area contributed by atoms with Gasteiger partial charge in [-0.15, -0.1) is 0 Å². The Kier molecular flexibility index (Phi) is 4.90. The minimum absolute atomic E-state index is 0.101. The van der Waals surface area contributed by atoms with Crippen molar-refractivity contribution < 1.29 is 4.74 Å². The van der Waals surface area contributed by atoms with Crippen LogP contribution in [0.2, 0.25) is 0 Å². The standard InChI is InChI=1S/C14H23NOS/c1-10-7-13(16-5)11(2)6-12(10)14(3,4)8-15-9-17/h6-7,15,17H,8-9H2,1-5H3. The molecule has 3 heteroatoms. The van der Waals surface area contributed by atoms with Crippen LogP contribution in [0, 0.1) is 13.8 Å². The fourth-order valence-electron chi connectivity index (χ4n) is 2.20. The van der Waals surface area contributed by atoms with E-state index in [1.54, 1.807) is 7.11 Å². The highest BCUT2D eigenvalue weighted by molar-refractivity contribution is 7.80. The average Bonchev–Trinajstić information content (AvgIpc) is 2.28. The molecular formula is C14H23NOS. The molecule has 0 heterocycles. The number of methoxy groups -OCH3 is 1. The summed E-state index contributed by atoms with van der Waals surface area (Å²) in [5.74, 6) is 1.67. The van der Waals surface area contributed by atoms with Crippen LogP contribution in [0.15, 0.2) is 12.1 Å². The van der Waals surface area contributed by atoms with Crippen LogP contribution in [0.25, 0.3) is 0 Å². The minimum atomic E-state index is 0.101. The van der Waals surface area contributed by atoms with Crippen molar-refractivity contribution in [2.45, 2.75) is 33.1 Å². The highest BCUT2D eigenvalue weighted by Crippen LogP contribution is 2.31. The maximum atomic E-state index is 5.35. The van der Waals surface area contributed by atoms with Crippen molar-refractivity contribution in [2.24, 2.45) is 0 Å². The number of benzene rings is 1. The fraction of sp³-hybridized carbons (Fsp3) is 0.571. The van der Waals surface area contributed by atoms with E-state index >= 15 is 0 Å². The average molecular weight is 253 g/mol. The zero-order valence-corrected chi connectivity index (χ0v) is 12.3. The molecule has 0 saturated heterocycles. The van der Waals surface area contributed by atoms with E-state index in [0.29, 0.717) is 5.88 Å². The molecule has 1 rings (SSSR count). The van der Waals surface area contributed by atoms with Crippen LogP contribution in [0.1, 0.15) is 30.5 Å². The van der Waals surface area contributed by atoms with Gasteiger partial charge in [-0.2, -0.15) is 12.6 Å². The first-order chi connectivity index (χ1) is 7.92. The summed E-state index contributed by atoms with van der Waals surface area (Å²) in [5, 5.41) is 3.30. The van der Waals surface area contributed by atoms with Gasteiger partial charge in [0.05, 0.1) is 7.11 Å². The van der Waals surface area contributed by atoms with Gasteiger partial charge in [-0.3, -0.25) is 0 Å². The van der Waals surface area contributed by atoms with Gasteiger partial charge in [0.15, 0.2) is 0 Å². The van der Waals surface area contributed by atoms with Gasteiger partial charge in [-0.05, 0) is 36.6 Å². The number of hydrogen-bond donors (Lipinski definition) is 2. The topological polar surface area (TPSA) is 21.3 Å². The van der Waals surface area contributed by atoms with Crippen molar-refractivity contribution >= 4 is 12.6 Å². The van der Waals surface area contributed by atoms with Gasteiger partial charge >= 0.3 is 0 Å². The Morgan fingerprint density at radius 2 is 1.88 bits per heavy atom. The second kappa shape index (κ2) is 5.78. The molecule has 0 aliphatic carbocycles. The summed E-state index contributed by atoms with van der Waals surface area (Å²) in [4.78, 5) is 0. The molecule has 0 radical (unpaired) electrons. The van der Waals surface area contributed by atoms with Gasteiger partial charge in [-0.25, -0.2) is 0 Å². The van der Waals surface area contributed by atoms with E-state index in [4.69, 9.17) is 4.74 Å². The summed E-state index contributed by atoms with van der Waals surface area (Å²) in [5.41, 5.74) is 3.93. The molecule has 0 unspecified atom stereocenters. The maximum Gasteiger partial charge on any atom is 0.122 e. The Morgan fingerprint density at radius 3 is 2.41 bits per heavy atom. The van der Waals surface area contributed by atoms with Crippen LogP contribution in [0.3, 0.4) is 0 Å². The molecule has 0 amide bonds. The van der Waals surface area contributed by atoms with E-state index in [0.717, 1.165) is 12.3 Å². The van der Waals surface area contributed by atoms with Crippen LogP contribution in [-0.2, 0) is 5.41 Å². The molecule has 0 spiro atoms. The Bertz CT molecular complexity index is 388. The lowest BCUT2D eigenvalue weighted by Crippen LogP contribution is -2.33. The largest absolute Gasteiger partial charge is 0.496 e. The van der Waals surface area contributed by atoms with E-state index in [1.807, 2.05) is 0 Å². The van der Waals surface area contributed by atoms with Gasteiger partial charge in [0, 0.05) is 17.8 Å². The van der Waals surface area contributed by atoms with E-state index < -0.39 is 0 Å². The van der Waals surface area contributed by atoms with Crippen LogP contribution in [-0.4, -0.2) is 19.5 Å². The summed E-state index contributed by atoms with van der Waals surface area (Å²) in [6.45, 7) is 9.64. The molecule has 96 valence electrons. The SMILES string of the molecule is COc1cc(C)c(C(C)(C)CNCS)cc1C. The van der Waals surface area contributed by atoms with Crippen LogP contribution < -0.4 is 10.1 Å². The van der Waals surface area contributed by atoms with E-state index in [1.165, 1.54) is 16.7 Å². The molecular weight excluding hydrogens is 230 g/mol. The lowest BCUT2D eigenvalue weighted by molar-refractivity contribution is 0.410. The Morgan fingerprint density at radius 1 is 1.24 bits per heavy atom. The van der Waals surface area contributed by atoms with Gasteiger partial charge in [0.2, 0.25) is 0 Å². The first-order valence-electron chi connectivity index (χ1n) is 5.89. The van der Waals surface area contributed by atoms with Crippen molar-refractivity contribution in [1.82, 2.24) is 5.32 Å². The number of nitrogens with one attached hydrogen (secondary N) is 1. The Balaban J connectivity index is 3.09. The summed E-state index contributed by atoms with van der Waals surface area (Å²) in [6, 6.07) is 4.35. The molecule has 1 aromatic carbocycles. The minimum Gasteiger partial charge on any atom is -0.496 e. The molecule has 0 aliphatic heterocycles. The Labute approximate surface area is 110 Å². The molecule has 17 heavy (non-hydrogen) atoms. The second-order valence-electron chi connectivity index (χ2n) is 5.11. The summed E-state index contributed by atoms with van der Waals surface area (Å²) in [6.07, 6.45) is 0. The molecule has 0 aliphatic rings. The van der Waals surface area contributed by atoms with E-state index in [-0.39, 0.29) is 5.41 Å². The highest BCUT2D eigenvalue weighted by Gasteiger charge is 2.23. The van der Waals surface area contributed by atoms with Gasteiger partial charge in [-0.1, -0.05) is 19.9 Å². The van der Waals surface area contributed by atoms with Crippen molar-refractivity contribution in [3.8, 4) is 5.75 Å². The summed E-state index contributed by atoms with van der Waals surface area (Å²) >= 11 is 4.19. The van der Waals surface area contributed by atoms with Crippen molar-refractivity contribution in [3.63, 3.8) is 0 Å². The molecule has 0 atom stereocenters. The van der Waals surface area contributed by atoms with Gasteiger partial charge in [0.1, 0.15) is 5.75 Å². The number of rotatable bonds is 5. The number of hydrogen-bond acceptors (Lipinski definition) is 3. The zero-order chi connectivity index (χ0) is 13.1. The zero-order valence-electron chi connectivity index (χ0n) is 11.4. The summed E-state index contributed by atoms with van der Waals surface area (Å²) < 4.78 is 5.35. The van der Waals surface area contributed by atoms with Crippen molar-refractivity contribution in [2.75, 3.05) is 19.5 Å². The number of thiol groups is 1. The normalized spacial score (nSPS) is 11.6. The lowest BCUT2D eigenvalue weighted by Gasteiger charge is -2.28. The third-order valence-electron chi connectivity index (χ3n) is 3.15. The molecule has 2 nitrogen and oxygen atoms in total.